The molecule has 1 saturated heterocycles. The second-order valence-corrected chi connectivity index (χ2v) is 8.53. The fourth-order valence-corrected chi connectivity index (χ4v) is 4.22. The van der Waals surface area contributed by atoms with Gasteiger partial charge in [-0.05, 0) is 54.7 Å². The van der Waals surface area contributed by atoms with Crippen LogP contribution >= 0.6 is 11.6 Å². The number of fused-ring (bicyclic) bond motifs is 1. The van der Waals surface area contributed by atoms with Crippen LogP contribution in [-0.2, 0) is 27.2 Å². The number of hydrogen-bond acceptors (Lipinski definition) is 5. The average Bonchev–Trinajstić information content (AvgIpc) is 2.99. The van der Waals surface area contributed by atoms with Gasteiger partial charge in [-0.15, -0.1) is 0 Å². The Labute approximate surface area is 189 Å². The van der Waals surface area contributed by atoms with E-state index in [0.29, 0.717) is 11.4 Å². The number of carbonyl (C=O) groups is 5. The predicted molar refractivity (Wildman–Crippen MR) is 116 cm³/mol. The molecule has 4 rings (SSSR count). The highest BCUT2D eigenvalue weighted by atomic mass is 35.5. The second kappa shape index (κ2) is 8.67. The molecule has 2 aliphatic rings. The maximum atomic E-state index is 12.9. The number of imide groups is 2. The number of piperidine rings is 1. The first kappa shape index (κ1) is 21.9. The van der Waals surface area contributed by atoms with Crippen molar-refractivity contribution in [2.45, 2.75) is 45.1 Å². The largest absolute Gasteiger partial charge is 0.299 e. The summed E-state index contributed by atoms with van der Waals surface area (Å²) in [5.74, 6) is -2.11. The minimum atomic E-state index is -0.994. The van der Waals surface area contributed by atoms with Crippen molar-refractivity contribution < 1.29 is 24.0 Å². The summed E-state index contributed by atoms with van der Waals surface area (Å²) < 4.78 is 0. The molecule has 0 bridgehead atoms. The van der Waals surface area contributed by atoms with Gasteiger partial charge < -0.3 is 0 Å². The van der Waals surface area contributed by atoms with E-state index in [1.54, 1.807) is 24.3 Å². The monoisotopic (exact) mass is 452 g/mol. The van der Waals surface area contributed by atoms with Crippen LogP contribution in [0.3, 0.4) is 0 Å². The minimum absolute atomic E-state index is 0.0398. The number of benzene rings is 2. The zero-order valence-electron chi connectivity index (χ0n) is 17.4. The lowest BCUT2D eigenvalue weighted by Gasteiger charge is -2.27. The molecule has 0 radical (unpaired) electrons. The third kappa shape index (κ3) is 4.21. The van der Waals surface area contributed by atoms with Gasteiger partial charge in [-0.3, -0.25) is 34.2 Å². The Morgan fingerprint density at radius 2 is 1.75 bits per heavy atom. The van der Waals surface area contributed by atoms with Gasteiger partial charge >= 0.3 is 0 Å². The first-order chi connectivity index (χ1) is 15.2. The van der Waals surface area contributed by atoms with Crippen LogP contribution in [0.5, 0.6) is 0 Å². The number of amides is 4. The van der Waals surface area contributed by atoms with E-state index in [1.807, 2.05) is 19.1 Å². The van der Waals surface area contributed by atoms with Crippen LogP contribution in [0.15, 0.2) is 36.4 Å². The van der Waals surface area contributed by atoms with Crippen molar-refractivity contribution in [3.05, 3.63) is 69.2 Å². The van der Waals surface area contributed by atoms with E-state index < -0.39 is 29.7 Å². The first-order valence-corrected chi connectivity index (χ1v) is 10.7. The Morgan fingerprint density at radius 3 is 2.47 bits per heavy atom. The predicted octanol–water partition coefficient (Wildman–Crippen LogP) is 2.79. The number of nitrogens with one attached hydrogen (secondary N) is 1. The lowest BCUT2D eigenvalue weighted by molar-refractivity contribution is -0.136. The summed E-state index contributed by atoms with van der Waals surface area (Å²) in [4.78, 5) is 62.5. The zero-order valence-corrected chi connectivity index (χ0v) is 18.2. The van der Waals surface area contributed by atoms with Crippen molar-refractivity contribution in [2.24, 2.45) is 0 Å². The molecule has 1 atom stereocenters. The van der Waals surface area contributed by atoms with Crippen molar-refractivity contribution in [3.63, 3.8) is 0 Å². The molecule has 2 aromatic carbocycles. The van der Waals surface area contributed by atoms with E-state index >= 15 is 0 Å². The highest BCUT2D eigenvalue weighted by Gasteiger charge is 2.44. The second-order valence-electron chi connectivity index (χ2n) is 8.13. The highest BCUT2D eigenvalue weighted by Crippen LogP contribution is 2.28. The smallest absolute Gasteiger partial charge is 0.262 e. The van der Waals surface area contributed by atoms with E-state index in [0.717, 1.165) is 21.6 Å². The number of ketones is 1. The Hall–Kier alpha value is -3.32. The van der Waals surface area contributed by atoms with Crippen LogP contribution in [-0.4, -0.2) is 40.4 Å². The summed E-state index contributed by atoms with van der Waals surface area (Å²) >= 11 is 6.12. The molecular formula is C24H21ClN2O5. The van der Waals surface area contributed by atoms with Crippen LogP contribution in [0.25, 0.3) is 0 Å². The molecule has 8 heteroatoms. The van der Waals surface area contributed by atoms with E-state index in [2.05, 4.69) is 5.32 Å². The summed E-state index contributed by atoms with van der Waals surface area (Å²) in [7, 11) is 0. The zero-order chi connectivity index (χ0) is 23.0. The molecule has 7 nitrogen and oxygen atoms in total. The third-order valence-electron chi connectivity index (χ3n) is 5.83. The van der Waals surface area contributed by atoms with Gasteiger partial charge in [0.2, 0.25) is 11.8 Å². The molecule has 0 aliphatic carbocycles. The highest BCUT2D eigenvalue weighted by molar-refractivity contribution is 6.31. The number of hydrogen-bond donors (Lipinski definition) is 1. The molecule has 4 amide bonds. The van der Waals surface area contributed by atoms with Crippen LogP contribution in [0.4, 0.5) is 0 Å². The van der Waals surface area contributed by atoms with Gasteiger partial charge in [-0.2, -0.15) is 0 Å². The van der Waals surface area contributed by atoms with Crippen molar-refractivity contribution in [1.82, 2.24) is 10.2 Å². The van der Waals surface area contributed by atoms with Crippen LogP contribution in [0.1, 0.15) is 56.7 Å². The lowest BCUT2D eigenvalue weighted by atomic mass is 9.99. The molecule has 1 fully saturated rings. The Balaban J connectivity index is 1.43. The molecule has 2 aliphatic heterocycles. The Kier molecular flexibility index (Phi) is 5.93. The van der Waals surface area contributed by atoms with Crippen molar-refractivity contribution >= 4 is 41.0 Å². The summed E-state index contributed by atoms with van der Waals surface area (Å²) in [5, 5.41) is 2.80. The van der Waals surface area contributed by atoms with E-state index in [4.69, 9.17) is 11.6 Å². The SMILES string of the molecule is Cc1ccc(CC(=O)CCc2ccc3c(c2)C(=O)N(C2CCC(=O)NC2=O)C3=O)cc1Cl. The van der Waals surface area contributed by atoms with Gasteiger partial charge in [0.05, 0.1) is 11.1 Å². The molecule has 2 aromatic rings. The average molecular weight is 453 g/mol. The fourth-order valence-electron chi connectivity index (χ4n) is 4.02. The fraction of sp³-hybridized carbons (Fsp3) is 0.292. The number of aryl methyl sites for hydroxylation is 2. The molecule has 2 heterocycles. The van der Waals surface area contributed by atoms with E-state index in [9.17, 15) is 24.0 Å². The molecule has 1 unspecified atom stereocenters. The number of nitrogens with zero attached hydrogens (tertiary/aromatic N) is 1. The van der Waals surface area contributed by atoms with E-state index in [1.165, 1.54) is 0 Å². The van der Waals surface area contributed by atoms with Crippen molar-refractivity contribution in [3.8, 4) is 0 Å². The number of halogens is 1. The molecule has 164 valence electrons. The first-order valence-electron chi connectivity index (χ1n) is 10.4. The Bertz CT molecular complexity index is 1170. The standard InChI is InChI=1S/C24H21ClN2O5/c1-13-2-3-15(12-19(13)25)10-16(28)6-4-14-5-7-17-18(11-14)24(32)27(23(17)31)20-8-9-21(29)26-22(20)30/h2-3,5,7,11-12,20H,4,6,8-10H2,1H3,(H,26,29,30). The van der Waals surface area contributed by atoms with Crippen molar-refractivity contribution in [2.75, 3.05) is 0 Å². The van der Waals surface area contributed by atoms with Gasteiger partial charge in [0.1, 0.15) is 11.8 Å². The topological polar surface area (TPSA) is 101 Å². The molecule has 32 heavy (non-hydrogen) atoms. The maximum Gasteiger partial charge on any atom is 0.262 e. The summed E-state index contributed by atoms with van der Waals surface area (Å²) in [5.41, 5.74) is 3.00. The molecular weight excluding hydrogens is 432 g/mol. The van der Waals surface area contributed by atoms with Crippen LogP contribution in [0.2, 0.25) is 5.02 Å². The normalized spacial score (nSPS) is 18.1. The maximum absolute atomic E-state index is 12.9. The van der Waals surface area contributed by atoms with Gasteiger partial charge in [-0.1, -0.05) is 29.8 Å². The number of Topliss-reactive ketones (excluding diaryl/α,β-unsaturated/α-hetero) is 1. The molecule has 0 saturated carbocycles. The molecule has 1 N–H and O–H groups in total. The molecule has 0 spiro atoms. The lowest BCUT2D eigenvalue weighted by Crippen LogP contribution is -2.54. The van der Waals surface area contributed by atoms with Gasteiger partial charge in [0, 0.05) is 24.3 Å². The molecule has 0 aromatic heterocycles. The summed E-state index contributed by atoms with van der Waals surface area (Å²) in [6, 6.07) is 9.43. The number of rotatable bonds is 6. The summed E-state index contributed by atoms with van der Waals surface area (Å²) in [6.45, 7) is 1.90. The van der Waals surface area contributed by atoms with E-state index in [-0.39, 0.29) is 42.6 Å². The van der Waals surface area contributed by atoms with Crippen LogP contribution in [0, 0.1) is 6.92 Å². The van der Waals surface area contributed by atoms with Gasteiger partial charge in [-0.25, -0.2) is 0 Å². The van der Waals surface area contributed by atoms with Crippen LogP contribution < -0.4 is 5.32 Å². The van der Waals surface area contributed by atoms with Gasteiger partial charge in [0.15, 0.2) is 0 Å². The number of carbonyl (C=O) groups excluding carboxylic acids is 5. The van der Waals surface area contributed by atoms with Gasteiger partial charge in [0.25, 0.3) is 11.8 Å². The Morgan fingerprint density at radius 1 is 1.03 bits per heavy atom. The quantitative estimate of drug-likeness (QED) is 0.679. The third-order valence-corrected chi connectivity index (χ3v) is 6.24. The van der Waals surface area contributed by atoms with Crippen molar-refractivity contribution in [1.29, 1.82) is 0 Å². The summed E-state index contributed by atoms with van der Waals surface area (Å²) in [6.07, 6.45) is 1.16. The minimum Gasteiger partial charge on any atom is -0.299 e.